The summed E-state index contributed by atoms with van der Waals surface area (Å²) in [5.41, 5.74) is 0. The number of rotatable bonds is 29. The largest absolute Gasteiger partial charge is 1.00 e. The molecule has 7 N–H and O–H groups in total. The molecule has 298 valence electrons. The molecule has 1 heterocycles. The molecule has 0 aromatic rings. The van der Waals surface area contributed by atoms with Gasteiger partial charge in [0.1, 0.15) is 42.7 Å². The van der Waals surface area contributed by atoms with Crippen LogP contribution >= 0.6 is 0 Å². The standard InChI is InChI=1S/C30H59NO17S2.2Na/c1-2-3-4-5-6-7-8-9-10-11-12-13-14-15-16-17-18-31-29(38)26(36)25(35)28(21(32)19-45-49(39,40)41)48-30-27(37)24(34)23(33)22(47-30)20-46-50(42,43)44;;/h21-28,30,32-37H,2-20H2,1H3,(H,31,38)(H,39,40,41)(H,42,43,44);;/q;2*+1/p-2/t21-,22?,23-,24?,25-,26-,27+,28-,30-;;/m1../s1. The Balaban J connectivity index is 0. The van der Waals surface area contributed by atoms with Crippen molar-refractivity contribution < 1.29 is 138 Å². The van der Waals surface area contributed by atoms with Gasteiger partial charge in [-0.2, -0.15) is 0 Å². The first-order valence-corrected chi connectivity index (χ1v) is 20.0. The van der Waals surface area contributed by atoms with Crippen molar-refractivity contribution in [3.63, 3.8) is 0 Å². The number of nitrogens with one attached hydrogen (secondary N) is 1. The van der Waals surface area contributed by atoms with Gasteiger partial charge in [0.25, 0.3) is 5.91 Å². The molecular weight excluding hydrogens is 756 g/mol. The Morgan fingerprint density at radius 2 is 1.15 bits per heavy atom. The van der Waals surface area contributed by atoms with Gasteiger partial charge >= 0.3 is 59.1 Å². The first-order valence-electron chi connectivity index (χ1n) is 17.4. The van der Waals surface area contributed by atoms with Gasteiger partial charge in [-0.25, -0.2) is 16.8 Å². The maximum Gasteiger partial charge on any atom is 1.00 e. The predicted molar refractivity (Wildman–Crippen MR) is 173 cm³/mol. The molecule has 0 bridgehead atoms. The third kappa shape index (κ3) is 24.5. The van der Waals surface area contributed by atoms with E-state index in [2.05, 4.69) is 20.6 Å². The fraction of sp³-hybridized carbons (Fsp3) is 0.967. The number of amides is 1. The smallest absolute Gasteiger partial charge is 0.726 e. The van der Waals surface area contributed by atoms with Crippen LogP contribution in [0.1, 0.15) is 110 Å². The molecule has 0 aliphatic carbocycles. The first kappa shape index (κ1) is 55.0. The molecule has 18 nitrogen and oxygen atoms in total. The van der Waals surface area contributed by atoms with Crippen LogP contribution in [0.25, 0.3) is 0 Å². The number of carbonyl (C=O) groups is 1. The van der Waals surface area contributed by atoms with Crippen LogP contribution in [0.15, 0.2) is 0 Å². The average molecular weight is 814 g/mol. The van der Waals surface area contributed by atoms with E-state index >= 15 is 0 Å². The number of aliphatic hydroxyl groups excluding tert-OH is 6. The molecule has 0 spiro atoms. The number of hydrogen-bond donors (Lipinski definition) is 7. The van der Waals surface area contributed by atoms with Gasteiger partial charge in [0.05, 0.1) is 13.2 Å². The van der Waals surface area contributed by atoms with Crippen molar-refractivity contribution in [1.29, 1.82) is 0 Å². The number of ether oxygens (including phenoxy) is 2. The minimum Gasteiger partial charge on any atom is -0.726 e. The molecule has 1 rings (SSSR count). The van der Waals surface area contributed by atoms with Crippen LogP contribution in [-0.4, -0.2) is 137 Å². The zero-order chi connectivity index (χ0) is 37.7. The number of carbonyl (C=O) groups excluding carboxylic acids is 1. The molecule has 9 atom stereocenters. The predicted octanol–water partition coefficient (Wildman–Crippen LogP) is -6.40. The molecule has 1 amide bonds. The van der Waals surface area contributed by atoms with Crippen molar-refractivity contribution in [3.8, 4) is 0 Å². The maximum absolute atomic E-state index is 12.6. The Kier molecular flexibility index (Phi) is 31.8. The van der Waals surface area contributed by atoms with Crippen molar-refractivity contribution >= 4 is 26.7 Å². The van der Waals surface area contributed by atoms with Gasteiger partial charge in [-0.3, -0.25) is 13.2 Å². The van der Waals surface area contributed by atoms with E-state index in [9.17, 15) is 61.4 Å². The van der Waals surface area contributed by atoms with Gasteiger partial charge in [-0.1, -0.05) is 103 Å². The van der Waals surface area contributed by atoms with E-state index < -0.39 is 95.0 Å². The van der Waals surface area contributed by atoms with E-state index in [1.807, 2.05) is 0 Å². The zero-order valence-corrected chi connectivity index (χ0v) is 36.3. The number of unbranched alkanes of at least 4 members (excludes halogenated alkanes) is 15. The van der Waals surface area contributed by atoms with Crippen LogP contribution in [-0.2, 0) is 43.4 Å². The normalized spacial score (nSPS) is 23.1. The molecule has 0 aromatic heterocycles. The Bertz CT molecular complexity index is 1140. The third-order valence-electron chi connectivity index (χ3n) is 8.36. The molecule has 52 heavy (non-hydrogen) atoms. The fourth-order valence-electron chi connectivity index (χ4n) is 5.44. The number of aliphatic hydroxyl groups is 6. The quantitative estimate of drug-likeness (QED) is 0.0160. The van der Waals surface area contributed by atoms with Gasteiger partial charge in [0.2, 0.25) is 20.8 Å². The summed E-state index contributed by atoms with van der Waals surface area (Å²) >= 11 is 0. The van der Waals surface area contributed by atoms with E-state index in [4.69, 9.17) is 9.47 Å². The second-order valence-electron chi connectivity index (χ2n) is 12.6. The molecule has 0 aromatic carbocycles. The van der Waals surface area contributed by atoms with E-state index in [0.717, 1.165) is 32.1 Å². The first-order chi connectivity index (χ1) is 23.5. The van der Waals surface area contributed by atoms with E-state index in [1.54, 1.807) is 0 Å². The zero-order valence-electron chi connectivity index (χ0n) is 30.6. The maximum atomic E-state index is 12.6. The van der Waals surface area contributed by atoms with Gasteiger partial charge in [-0.15, -0.1) is 0 Å². The molecule has 1 aliphatic heterocycles. The second kappa shape index (κ2) is 30.0. The third-order valence-corrected chi connectivity index (χ3v) is 9.21. The Hall–Kier alpha value is 0.890. The summed E-state index contributed by atoms with van der Waals surface area (Å²) in [7, 11) is -10.7. The van der Waals surface area contributed by atoms with Gasteiger partial charge in [-0.05, 0) is 6.42 Å². The van der Waals surface area contributed by atoms with Gasteiger partial charge < -0.3 is 54.5 Å². The van der Waals surface area contributed by atoms with Crippen LogP contribution in [0.3, 0.4) is 0 Å². The molecule has 1 fully saturated rings. The van der Waals surface area contributed by atoms with Gasteiger partial charge in [0, 0.05) is 6.54 Å². The van der Waals surface area contributed by atoms with Crippen LogP contribution in [0.4, 0.5) is 0 Å². The number of hydrogen-bond acceptors (Lipinski definition) is 17. The summed E-state index contributed by atoms with van der Waals surface area (Å²) in [6, 6.07) is 0. The summed E-state index contributed by atoms with van der Waals surface area (Å²) in [6.07, 6.45) is -1.19. The summed E-state index contributed by atoms with van der Waals surface area (Å²) in [6.45, 7) is -0.204. The van der Waals surface area contributed by atoms with Crippen molar-refractivity contribution in [3.05, 3.63) is 0 Å². The van der Waals surface area contributed by atoms with Crippen LogP contribution in [0.5, 0.6) is 0 Å². The van der Waals surface area contributed by atoms with Crippen molar-refractivity contribution in [2.75, 3.05) is 19.8 Å². The van der Waals surface area contributed by atoms with Crippen molar-refractivity contribution in [2.24, 2.45) is 0 Å². The van der Waals surface area contributed by atoms with E-state index in [-0.39, 0.29) is 65.7 Å². The molecule has 0 radical (unpaired) electrons. The monoisotopic (exact) mass is 813 g/mol. The molecule has 22 heteroatoms. The summed E-state index contributed by atoms with van der Waals surface area (Å²) in [5.74, 6) is -1.12. The average Bonchev–Trinajstić information content (AvgIpc) is 3.05. The van der Waals surface area contributed by atoms with Gasteiger partial charge in [0.15, 0.2) is 12.4 Å². The van der Waals surface area contributed by atoms with Crippen LogP contribution in [0.2, 0.25) is 0 Å². The Morgan fingerprint density at radius 3 is 1.60 bits per heavy atom. The fourth-order valence-corrected chi connectivity index (χ4v) is 6.05. The summed E-state index contributed by atoms with van der Waals surface area (Å²) in [4.78, 5) is 12.6. The Labute approximate surface area is 352 Å². The Morgan fingerprint density at radius 1 is 0.712 bits per heavy atom. The minimum absolute atomic E-state index is 0. The van der Waals surface area contributed by atoms with Crippen molar-refractivity contribution in [2.45, 2.75) is 165 Å². The minimum atomic E-state index is -5.39. The van der Waals surface area contributed by atoms with Crippen LogP contribution < -0.4 is 64.4 Å². The van der Waals surface area contributed by atoms with E-state index in [1.165, 1.54) is 64.2 Å². The molecule has 0 saturated carbocycles. The molecular formula is C30H57NNa2O17S2. The summed E-state index contributed by atoms with van der Waals surface area (Å²) < 4.78 is 83.5. The van der Waals surface area contributed by atoms with Crippen LogP contribution in [0, 0.1) is 0 Å². The second-order valence-corrected chi connectivity index (χ2v) is 14.7. The van der Waals surface area contributed by atoms with E-state index in [0.29, 0.717) is 6.42 Å². The molecule has 2 unspecified atom stereocenters. The molecule has 1 saturated heterocycles. The molecule has 1 aliphatic rings. The van der Waals surface area contributed by atoms with Crippen molar-refractivity contribution in [1.82, 2.24) is 5.32 Å². The summed E-state index contributed by atoms with van der Waals surface area (Å²) in [5, 5.41) is 64.7. The topological polar surface area (TPSA) is 302 Å². The SMILES string of the molecule is CCCCCCCCCCCCCCCCCCNC(=O)[C@H](O)[C@@H](O)[C@H](O[C@H]1OC(COS(=O)(=O)[O-])[C@@H](O)C(O)[C@@H]1O)[C@H](O)COS(=O)(=O)[O-].[Na+].[Na+].